The molecule has 1 aliphatic carbocycles. The molecular formula is C21H24N2O. The standard InChI is InChI=1S/C21H24N2O/c1-4-23-13(2)19-15-9-5-7-11-17(15)21(23)18-12-8-6-10-16(18)20(19)22-14(3)24/h5-13,19-21H,4H2,1-3H3,(H,22,24)/t13-,19+,20-,21-/m0/s1. The van der Waals surface area contributed by atoms with Gasteiger partial charge in [0.25, 0.3) is 0 Å². The van der Waals surface area contributed by atoms with Crippen LogP contribution in [0.1, 0.15) is 61.0 Å². The molecule has 2 heterocycles. The largest absolute Gasteiger partial charge is 0.349 e. The van der Waals surface area contributed by atoms with Gasteiger partial charge in [-0.25, -0.2) is 0 Å². The van der Waals surface area contributed by atoms with Gasteiger partial charge in [-0.1, -0.05) is 55.5 Å². The molecule has 0 saturated carbocycles. The molecule has 0 spiro atoms. The molecule has 2 aromatic rings. The van der Waals surface area contributed by atoms with Gasteiger partial charge in [0.1, 0.15) is 0 Å². The molecule has 3 nitrogen and oxygen atoms in total. The van der Waals surface area contributed by atoms with Crippen LogP contribution in [0.2, 0.25) is 0 Å². The third-order valence-electron chi connectivity index (χ3n) is 5.73. The van der Waals surface area contributed by atoms with E-state index >= 15 is 0 Å². The number of carbonyl (C=O) groups excluding carboxylic acids is 1. The summed E-state index contributed by atoms with van der Waals surface area (Å²) in [6.07, 6.45) is 0. The summed E-state index contributed by atoms with van der Waals surface area (Å²) in [5, 5.41) is 3.26. The van der Waals surface area contributed by atoms with Crippen molar-refractivity contribution in [1.29, 1.82) is 0 Å². The Bertz CT molecular complexity index is 785. The van der Waals surface area contributed by atoms with E-state index in [1.165, 1.54) is 22.3 Å². The summed E-state index contributed by atoms with van der Waals surface area (Å²) in [6, 6.07) is 18.1. The van der Waals surface area contributed by atoms with Crippen LogP contribution in [0.5, 0.6) is 0 Å². The quantitative estimate of drug-likeness (QED) is 0.913. The summed E-state index contributed by atoms with van der Waals surface area (Å²) in [5.41, 5.74) is 5.37. The van der Waals surface area contributed by atoms with Crippen molar-refractivity contribution in [2.45, 2.75) is 44.8 Å². The summed E-state index contributed by atoms with van der Waals surface area (Å²) in [6.45, 7) is 7.15. The predicted octanol–water partition coefficient (Wildman–Crippen LogP) is 3.77. The second-order valence-corrected chi connectivity index (χ2v) is 6.94. The average Bonchev–Trinajstić information content (AvgIpc) is 2.76. The summed E-state index contributed by atoms with van der Waals surface area (Å²) >= 11 is 0. The van der Waals surface area contributed by atoms with Crippen LogP contribution in [-0.2, 0) is 4.79 Å². The van der Waals surface area contributed by atoms with Crippen molar-refractivity contribution < 1.29 is 4.79 Å². The third kappa shape index (κ3) is 2.11. The molecule has 2 bridgehead atoms. The van der Waals surface area contributed by atoms with Gasteiger partial charge in [0.05, 0.1) is 12.1 Å². The molecule has 2 aromatic carbocycles. The highest BCUT2D eigenvalue weighted by molar-refractivity contribution is 5.74. The highest BCUT2D eigenvalue weighted by atomic mass is 16.1. The number of hydrogen-bond acceptors (Lipinski definition) is 2. The van der Waals surface area contributed by atoms with Gasteiger partial charge in [-0.05, 0) is 35.7 Å². The number of nitrogens with zero attached hydrogens (tertiary/aromatic N) is 1. The molecule has 1 N–H and O–H groups in total. The molecule has 0 fully saturated rings. The Morgan fingerprint density at radius 2 is 1.54 bits per heavy atom. The maximum Gasteiger partial charge on any atom is 0.217 e. The monoisotopic (exact) mass is 320 g/mol. The van der Waals surface area contributed by atoms with Gasteiger partial charge < -0.3 is 5.32 Å². The second-order valence-electron chi connectivity index (χ2n) is 6.94. The summed E-state index contributed by atoms with van der Waals surface area (Å²) in [7, 11) is 0. The zero-order chi connectivity index (χ0) is 16.8. The van der Waals surface area contributed by atoms with E-state index in [1.807, 2.05) is 0 Å². The molecule has 124 valence electrons. The van der Waals surface area contributed by atoms with Crippen LogP contribution in [0.25, 0.3) is 0 Å². The van der Waals surface area contributed by atoms with E-state index in [0.717, 1.165) is 6.54 Å². The van der Waals surface area contributed by atoms with Gasteiger partial charge in [-0.15, -0.1) is 0 Å². The first-order valence-corrected chi connectivity index (χ1v) is 8.84. The fourth-order valence-electron chi connectivity index (χ4n) is 4.84. The highest BCUT2D eigenvalue weighted by Gasteiger charge is 2.47. The van der Waals surface area contributed by atoms with E-state index in [-0.39, 0.29) is 23.9 Å². The number of rotatable bonds is 2. The van der Waals surface area contributed by atoms with E-state index in [1.54, 1.807) is 6.92 Å². The molecule has 1 amide bonds. The molecule has 4 atom stereocenters. The van der Waals surface area contributed by atoms with E-state index in [4.69, 9.17) is 0 Å². The fourth-order valence-corrected chi connectivity index (χ4v) is 4.84. The van der Waals surface area contributed by atoms with Gasteiger partial charge in [-0.3, -0.25) is 9.69 Å². The van der Waals surface area contributed by atoms with Gasteiger partial charge in [0.15, 0.2) is 0 Å². The molecule has 5 rings (SSSR count). The minimum Gasteiger partial charge on any atom is -0.349 e. The lowest BCUT2D eigenvalue weighted by Crippen LogP contribution is -2.46. The Morgan fingerprint density at radius 1 is 1.00 bits per heavy atom. The first-order valence-electron chi connectivity index (χ1n) is 8.84. The number of likely N-dealkylation sites (N-methyl/N-ethyl adjacent to an activating group) is 1. The molecule has 0 aromatic heterocycles. The molecule has 0 unspecified atom stereocenters. The van der Waals surface area contributed by atoms with Crippen molar-refractivity contribution in [3.63, 3.8) is 0 Å². The van der Waals surface area contributed by atoms with Crippen LogP contribution >= 0.6 is 0 Å². The van der Waals surface area contributed by atoms with E-state index in [0.29, 0.717) is 6.04 Å². The minimum atomic E-state index is 0.0244. The van der Waals surface area contributed by atoms with Crippen molar-refractivity contribution in [3.8, 4) is 0 Å². The van der Waals surface area contributed by atoms with Crippen LogP contribution < -0.4 is 5.32 Å². The lowest BCUT2D eigenvalue weighted by molar-refractivity contribution is -0.120. The van der Waals surface area contributed by atoms with Gasteiger partial charge in [0, 0.05) is 18.9 Å². The Kier molecular flexibility index (Phi) is 3.69. The van der Waals surface area contributed by atoms with Gasteiger partial charge in [-0.2, -0.15) is 0 Å². The number of amides is 1. The van der Waals surface area contributed by atoms with Crippen LogP contribution in [0.15, 0.2) is 48.5 Å². The summed E-state index contributed by atoms with van der Waals surface area (Å²) < 4.78 is 0. The number of fused-ring (bicyclic) bond motifs is 1. The summed E-state index contributed by atoms with van der Waals surface area (Å²) in [4.78, 5) is 14.5. The van der Waals surface area contributed by atoms with Crippen LogP contribution in [0.4, 0.5) is 0 Å². The topological polar surface area (TPSA) is 32.3 Å². The maximum absolute atomic E-state index is 12.0. The van der Waals surface area contributed by atoms with Crippen LogP contribution in [-0.4, -0.2) is 23.4 Å². The Labute approximate surface area is 143 Å². The molecule has 3 heteroatoms. The number of nitrogens with one attached hydrogen (secondary N) is 1. The van der Waals surface area contributed by atoms with Crippen molar-refractivity contribution in [3.05, 3.63) is 70.8 Å². The maximum atomic E-state index is 12.0. The Morgan fingerprint density at radius 3 is 2.12 bits per heavy atom. The smallest absolute Gasteiger partial charge is 0.217 e. The van der Waals surface area contributed by atoms with E-state index in [9.17, 15) is 4.79 Å². The zero-order valence-electron chi connectivity index (χ0n) is 14.5. The number of carbonyl (C=O) groups is 1. The van der Waals surface area contributed by atoms with E-state index < -0.39 is 0 Å². The van der Waals surface area contributed by atoms with E-state index in [2.05, 4.69) is 72.6 Å². The molecule has 0 saturated heterocycles. The molecule has 0 radical (unpaired) electrons. The van der Waals surface area contributed by atoms with Crippen molar-refractivity contribution in [2.24, 2.45) is 0 Å². The normalized spacial score (nSPS) is 28.0. The average molecular weight is 320 g/mol. The van der Waals surface area contributed by atoms with Crippen molar-refractivity contribution >= 4 is 5.91 Å². The summed E-state index contributed by atoms with van der Waals surface area (Å²) in [5.74, 6) is 0.304. The predicted molar refractivity (Wildman–Crippen MR) is 95.9 cm³/mol. The Balaban J connectivity index is 2.02. The lowest BCUT2D eigenvalue weighted by atomic mass is 9.78. The minimum absolute atomic E-state index is 0.0244. The molecule has 2 aliphatic heterocycles. The molecular weight excluding hydrogens is 296 g/mol. The SMILES string of the molecule is CCN1[C@H]2c3ccccc3[C@H]([C@@H](NC(C)=O)c3ccccc32)[C@@H]1C. The molecule has 24 heavy (non-hydrogen) atoms. The van der Waals surface area contributed by atoms with Gasteiger partial charge in [0.2, 0.25) is 5.91 Å². The lowest BCUT2D eigenvalue weighted by Gasteiger charge is -2.45. The second kappa shape index (κ2) is 5.75. The van der Waals surface area contributed by atoms with Crippen LogP contribution in [0.3, 0.4) is 0 Å². The number of hydrogen-bond donors (Lipinski definition) is 1. The molecule has 3 aliphatic rings. The number of benzene rings is 2. The van der Waals surface area contributed by atoms with Crippen molar-refractivity contribution in [2.75, 3.05) is 6.54 Å². The first kappa shape index (κ1) is 15.4. The van der Waals surface area contributed by atoms with Crippen molar-refractivity contribution in [1.82, 2.24) is 10.2 Å². The first-order chi connectivity index (χ1) is 11.6. The third-order valence-corrected chi connectivity index (χ3v) is 5.73. The fraction of sp³-hybridized carbons (Fsp3) is 0.381. The Hall–Kier alpha value is -2.13. The zero-order valence-corrected chi connectivity index (χ0v) is 14.5. The highest BCUT2D eigenvalue weighted by Crippen LogP contribution is 2.53. The van der Waals surface area contributed by atoms with Crippen LogP contribution in [0, 0.1) is 0 Å². The van der Waals surface area contributed by atoms with Gasteiger partial charge >= 0.3 is 0 Å².